The zero-order valence-corrected chi connectivity index (χ0v) is 16.4. The van der Waals surface area contributed by atoms with Gasteiger partial charge in [-0.1, -0.05) is 0 Å². The van der Waals surface area contributed by atoms with Crippen LogP contribution >= 0.6 is 18.9 Å². The van der Waals surface area contributed by atoms with Crippen LogP contribution in [-0.2, 0) is 26.0 Å². The van der Waals surface area contributed by atoms with Crippen molar-refractivity contribution < 1.29 is 31.6 Å². The number of hydrogen-bond donors (Lipinski definition) is 1. The molecule has 1 heterocycles. The van der Waals surface area contributed by atoms with Gasteiger partial charge in [0.25, 0.3) is 5.91 Å². The van der Waals surface area contributed by atoms with Crippen LogP contribution in [0.2, 0.25) is 0 Å². The zero-order valence-electron chi connectivity index (χ0n) is 14.7. The molecule has 5 nitrogen and oxygen atoms in total. The fourth-order valence-electron chi connectivity index (χ4n) is 2.23. The summed E-state index contributed by atoms with van der Waals surface area (Å²) in [6, 6.07) is 7.38. The first-order valence-electron chi connectivity index (χ1n) is 8.12. The highest BCUT2D eigenvalue weighted by Gasteiger charge is 2.30. The maximum absolute atomic E-state index is 12.6. The predicted octanol–water partition coefficient (Wildman–Crippen LogP) is 5.79. The molecule has 0 radical (unpaired) electrons. The van der Waals surface area contributed by atoms with E-state index < -0.39 is 25.2 Å². The van der Waals surface area contributed by atoms with Gasteiger partial charge in [-0.05, 0) is 50.2 Å². The molecular formula is C17H19F3NO4PS. The summed E-state index contributed by atoms with van der Waals surface area (Å²) < 4.78 is 60.7. The maximum Gasteiger partial charge on any atom is 0.416 e. The lowest BCUT2D eigenvalue weighted by molar-refractivity contribution is -0.137. The first-order chi connectivity index (χ1) is 12.7. The minimum absolute atomic E-state index is 0.0485. The Bertz CT molecular complexity index is 810. The largest absolute Gasteiger partial charge is 0.416 e. The SMILES string of the molecule is CCOP(=O)(Cc1ccc(C(=O)Nc2ccc(C(F)(F)F)cc2)s1)OCC. The summed E-state index contributed by atoms with van der Waals surface area (Å²) >= 11 is 1.12. The van der Waals surface area contributed by atoms with Crippen LogP contribution in [0.5, 0.6) is 0 Å². The van der Waals surface area contributed by atoms with Crippen LogP contribution in [0.15, 0.2) is 36.4 Å². The molecule has 1 aromatic heterocycles. The van der Waals surface area contributed by atoms with E-state index in [-0.39, 0.29) is 25.1 Å². The quantitative estimate of drug-likeness (QED) is 0.549. The Hall–Kier alpha value is -1.67. The van der Waals surface area contributed by atoms with Crippen LogP contribution in [0.1, 0.15) is 34.0 Å². The average Bonchev–Trinajstić information content (AvgIpc) is 3.03. The van der Waals surface area contributed by atoms with Gasteiger partial charge in [-0.2, -0.15) is 13.2 Å². The van der Waals surface area contributed by atoms with Gasteiger partial charge in [0.1, 0.15) is 0 Å². The van der Waals surface area contributed by atoms with E-state index in [0.717, 1.165) is 23.5 Å². The number of benzene rings is 1. The second-order valence-electron chi connectivity index (χ2n) is 5.40. The summed E-state index contributed by atoms with van der Waals surface area (Å²) in [5.41, 5.74) is -0.543. The molecule has 148 valence electrons. The lowest BCUT2D eigenvalue weighted by atomic mass is 10.2. The Balaban J connectivity index is 2.05. The summed E-state index contributed by atoms with van der Waals surface area (Å²) in [7, 11) is -3.27. The molecule has 1 N–H and O–H groups in total. The smallest absolute Gasteiger partial charge is 0.321 e. The molecule has 0 aliphatic heterocycles. The third-order valence-corrected chi connectivity index (χ3v) is 6.69. The molecule has 0 saturated carbocycles. The van der Waals surface area contributed by atoms with Crippen molar-refractivity contribution in [2.75, 3.05) is 18.5 Å². The monoisotopic (exact) mass is 421 g/mol. The molecule has 0 bridgehead atoms. The molecular weight excluding hydrogens is 402 g/mol. The van der Waals surface area contributed by atoms with Gasteiger partial charge in [-0.3, -0.25) is 9.36 Å². The first kappa shape index (κ1) is 21.6. The van der Waals surface area contributed by atoms with Crippen molar-refractivity contribution >= 4 is 30.5 Å². The van der Waals surface area contributed by atoms with Crippen molar-refractivity contribution in [3.63, 3.8) is 0 Å². The summed E-state index contributed by atoms with van der Waals surface area (Å²) in [6.07, 6.45) is -4.38. The Morgan fingerprint density at radius 1 is 1.07 bits per heavy atom. The molecule has 1 amide bonds. The molecule has 0 aliphatic carbocycles. The molecule has 0 unspecified atom stereocenters. The van der Waals surface area contributed by atoms with E-state index in [1.54, 1.807) is 26.0 Å². The number of alkyl halides is 3. The van der Waals surface area contributed by atoms with Crippen LogP contribution in [0, 0.1) is 0 Å². The molecule has 0 atom stereocenters. The number of anilines is 1. The van der Waals surface area contributed by atoms with E-state index in [1.807, 2.05) is 0 Å². The summed E-state index contributed by atoms with van der Waals surface area (Å²) in [6.45, 7) is 3.90. The average molecular weight is 421 g/mol. The standard InChI is InChI=1S/C17H19F3NO4PS/c1-3-24-26(23,25-4-2)11-14-9-10-15(27-14)16(22)21-13-7-5-12(6-8-13)17(18,19)20/h5-10H,3-4,11H2,1-2H3,(H,21,22). The summed E-state index contributed by atoms with van der Waals surface area (Å²) in [5, 5.41) is 2.54. The van der Waals surface area contributed by atoms with Crippen LogP contribution in [-0.4, -0.2) is 19.1 Å². The Labute approximate surface area is 159 Å². The van der Waals surface area contributed by atoms with Crippen LogP contribution in [0.25, 0.3) is 0 Å². The lowest BCUT2D eigenvalue weighted by Crippen LogP contribution is -2.11. The highest BCUT2D eigenvalue weighted by molar-refractivity contribution is 7.53. The van der Waals surface area contributed by atoms with E-state index in [9.17, 15) is 22.5 Å². The van der Waals surface area contributed by atoms with Crippen LogP contribution in [0.4, 0.5) is 18.9 Å². The Morgan fingerprint density at radius 2 is 1.67 bits per heavy atom. The van der Waals surface area contributed by atoms with Crippen molar-refractivity contribution in [3.05, 3.63) is 51.7 Å². The van der Waals surface area contributed by atoms with Gasteiger partial charge in [-0.25, -0.2) is 0 Å². The zero-order chi connectivity index (χ0) is 20.1. The van der Waals surface area contributed by atoms with Crippen molar-refractivity contribution in [2.24, 2.45) is 0 Å². The molecule has 2 rings (SSSR count). The van der Waals surface area contributed by atoms with Crippen molar-refractivity contribution in [2.45, 2.75) is 26.2 Å². The lowest BCUT2D eigenvalue weighted by Gasteiger charge is -2.15. The molecule has 1 aromatic carbocycles. The fourth-order valence-corrected chi connectivity index (χ4v) is 5.19. The second kappa shape index (κ2) is 9.01. The Kier molecular flexibility index (Phi) is 7.22. The van der Waals surface area contributed by atoms with Crippen molar-refractivity contribution in [1.29, 1.82) is 0 Å². The molecule has 0 saturated heterocycles. The number of thiophene rings is 1. The van der Waals surface area contributed by atoms with E-state index >= 15 is 0 Å². The second-order valence-corrected chi connectivity index (χ2v) is 8.62. The molecule has 0 aliphatic rings. The van der Waals surface area contributed by atoms with Gasteiger partial charge in [0, 0.05) is 10.6 Å². The molecule has 10 heteroatoms. The molecule has 0 fully saturated rings. The number of amides is 1. The van der Waals surface area contributed by atoms with E-state index in [4.69, 9.17) is 9.05 Å². The minimum atomic E-state index is -4.43. The summed E-state index contributed by atoms with van der Waals surface area (Å²) in [4.78, 5) is 13.3. The summed E-state index contributed by atoms with van der Waals surface area (Å²) in [5.74, 6) is -0.464. The topological polar surface area (TPSA) is 64.6 Å². The van der Waals surface area contributed by atoms with Crippen molar-refractivity contribution in [1.82, 2.24) is 0 Å². The molecule has 27 heavy (non-hydrogen) atoms. The van der Waals surface area contributed by atoms with Crippen LogP contribution < -0.4 is 5.32 Å². The molecule has 0 spiro atoms. The van der Waals surface area contributed by atoms with Gasteiger partial charge >= 0.3 is 13.8 Å². The number of halogens is 3. The number of hydrogen-bond acceptors (Lipinski definition) is 5. The van der Waals surface area contributed by atoms with E-state index in [2.05, 4.69) is 5.32 Å². The number of rotatable bonds is 8. The van der Waals surface area contributed by atoms with Gasteiger partial charge in [-0.15, -0.1) is 11.3 Å². The van der Waals surface area contributed by atoms with Crippen molar-refractivity contribution in [3.8, 4) is 0 Å². The minimum Gasteiger partial charge on any atom is -0.321 e. The molecule has 2 aromatic rings. The Morgan fingerprint density at radius 3 is 2.19 bits per heavy atom. The number of nitrogens with one attached hydrogen (secondary N) is 1. The van der Waals surface area contributed by atoms with Gasteiger partial charge in [0.15, 0.2) is 0 Å². The normalized spacial score (nSPS) is 12.2. The number of carbonyl (C=O) groups excluding carboxylic acids is 1. The third-order valence-electron chi connectivity index (χ3n) is 3.36. The fraction of sp³-hybridized carbons (Fsp3) is 0.353. The van der Waals surface area contributed by atoms with E-state index in [1.165, 1.54) is 12.1 Å². The van der Waals surface area contributed by atoms with Gasteiger partial charge < -0.3 is 14.4 Å². The van der Waals surface area contributed by atoms with Crippen LogP contribution in [0.3, 0.4) is 0 Å². The third kappa shape index (κ3) is 6.17. The van der Waals surface area contributed by atoms with Gasteiger partial charge in [0.2, 0.25) is 0 Å². The van der Waals surface area contributed by atoms with Gasteiger partial charge in [0.05, 0.1) is 29.8 Å². The van der Waals surface area contributed by atoms with E-state index in [0.29, 0.717) is 9.75 Å². The first-order valence-corrected chi connectivity index (χ1v) is 10.7. The highest BCUT2D eigenvalue weighted by Crippen LogP contribution is 2.52. The number of carbonyl (C=O) groups is 1. The maximum atomic E-state index is 12.6. The predicted molar refractivity (Wildman–Crippen MR) is 98.3 cm³/mol. The highest BCUT2D eigenvalue weighted by atomic mass is 32.1.